The Kier molecular flexibility index (Phi) is 5.96. The average molecular weight is 358 g/mol. The van der Waals surface area contributed by atoms with Crippen molar-refractivity contribution in [1.82, 2.24) is 9.29 Å². The maximum Gasteiger partial charge on any atom is 0.308 e. The van der Waals surface area contributed by atoms with Gasteiger partial charge in [0.05, 0.1) is 21.2 Å². The van der Waals surface area contributed by atoms with Gasteiger partial charge in [0.2, 0.25) is 10.0 Å². The molecule has 0 aliphatic rings. The smallest absolute Gasteiger partial charge is 0.308 e. The molecule has 0 fully saturated rings. The molecule has 0 spiro atoms. The second-order valence-electron chi connectivity index (χ2n) is 5.41. The molecule has 0 aliphatic carbocycles. The zero-order valence-electron chi connectivity index (χ0n) is 13.5. The third-order valence-electron chi connectivity index (χ3n) is 3.33. The lowest BCUT2D eigenvalue weighted by molar-refractivity contribution is 0.0778. The number of thiazole rings is 1. The summed E-state index contributed by atoms with van der Waals surface area (Å²) in [6.07, 6.45) is 0.749. The van der Waals surface area contributed by atoms with Crippen molar-refractivity contribution in [2.75, 3.05) is 13.2 Å². The van der Waals surface area contributed by atoms with Gasteiger partial charge in [-0.05, 0) is 45.4 Å². The molecule has 1 heterocycles. The zero-order chi connectivity index (χ0) is 17.0. The van der Waals surface area contributed by atoms with Gasteiger partial charge in [-0.2, -0.15) is 0 Å². The molecule has 1 N–H and O–H groups in total. The number of sulfonamides is 1. The van der Waals surface area contributed by atoms with Crippen LogP contribution in [0.2, 0.25) is 0 Å². The maximum absolute atomic E-state index is 12.3. The van der Waals surface area contributed by atoms with Gasteiger partial charge in [0.1, 0.15) is 0 Å². The second-order valence-corrected chi connectivity index (χ2v) is 8.17. The highest BCUT2D eigenvalue weighted by Crippen LogP contribution is 2.21. The van der Waals surface area contributed by atoms with E-state index in [0.29, 0.717) is 30.8 Å². The minimum Gasteiger partial charge on any atom is -0.379 e. The molecule has 8 heteroatoms. The van der Waals surface area contributed by atoms with Crippen molar-refractivity contribution in [2.24, 2.45) is 0 Å². The van der Waals surface area contributed by atoms with E-state index >= 15 is 0 Å². The number of benzene rings is 1. The monoisotopic (exact) mass is 358 g/mol. The lowest BCUT2D eigenvalue weighted by atomic mass is 10.3. The summed E-state index contributed by atoms with van der Waals surface area (Å²) in [5, 5.41) is 0. The van der Waals surface area contributed by atoms with Crippen LogP contribution in [0.1, 0.15) is 27.2 Å². The first-order chi connectivity index (χ1) is 10.8. The van der Waals surface area contributed by atoms with Crippen LogP contribution in [-0.4, -0.2) is 32.2 Å². The van der Waals surface area contributed by atoms with Crippen molar-refractivity contribution in [2.45, 2.75) is 44.7 Å². The summed E-state index contributed by atoms with van der Waals surface area (Å²) < 4.78 is 34.9. The van der Waals surface area contributed by atoms with Gasteiger partial charge in [0, 0.05) is 19.7 Å². The number of aryl methyl sites for hydroxylation is 1. The highest BCUT2D eigenvalue weighted by atomic mass is 32.2. The van der Waals surface area contributed by atoms with Crippen LogP contribution in [-0.2, 0) is 21.3 Å². The van der Waals surface area contributed by atoms with Gasteiger partial charge < -0.3 is 4.74 Å². The van der Waals surface area contributed by atoms with Crippen LogP contribution in [0, 0.1) is 0 Å². The van der Waals surface area contributed by atoms with Crippen LogP contribution in [0.3, 0.4) is 0 Å². The Morgan fingerprint density at radius 3 is 2.74 bits per heavy atom. The van der Waals surface area contributed by atoms with Gasteiger partial charge in [-0.15, -0.1) is 0 Å². The minimum atomic E-state index is -3.57. The van der Waals surface area contributed by atoms with Crippen LogP contribution in [0.4, 0.5) is 0 Å². The summed E-state index contributed by atoms with van der Waals surface area (Å²) >= 11 is 1.06. The van der Waals surface area contributed by atoms with Crippen molar-refractivity contribution in [3.05, 3.63) is 27.9 Å². The second kappa shape index (κ2) is 7.57. The Morgan fingerprint density at radius 1 is 1.35 bits per heavy atom. The summed E-state index contributed by atoms with van der Waals surface area (Å²) in [7, 11) is -3.57. The molecule has 2 rings (SSSR count). The summed E-state index contributed by atoms with van der Waals surface area (Å²) in [4.78, 5) is 11.9. The third kappa shape index (κ3) is 4.41. The number of ether oxygens (including phenoxy) is 1. The molecular weight excluding hydrogens is 336 g/mol. The predicted octanol–water partition coefficient (Wildman–Crippen LogP) is 2.18. The first-order valence-electron chi connectivity index (χ1n) is 7.60. The lowest BCUT2D eigenvalue weighted by Crippen LogP contribution is -2.25. The zero-order valence-corrected chi connectivity index (χ0v) is 15.2. The SMILES string of the molecule is CCn1c(=O)sc2cc(S(=O)(=O)NCCCOC(C)C)ccc21. The number of nitrogens with one attached hydrogen (secondary N) is 1. The average Bonchev–Trinajstić information content (AvgIpc) is 2.80. The molecule has 0 bridgehead atoms. The number of hydrogen-bond donors (Lipinski definition) is 1. The topological polar surface area (TPSA) is 77.4 Å². The van der Waals surface area contributed by atoms with E-state index in [1.165, 1.54) is 6.07 Å². The van der Waals surface area contributed by atoms with E-state index in [9.17, 15) is 13.2 Å². The molecule has 1 aromatic carbocycles. The minimum absolute atomic E-state index is 0.0733. The van der Waals surface area contributed by atoms with Gasteiger partial charge >= 0.3 is 4.87 Å². The molecule has 1 aromatic heterocycles. The van der Waals surface area contributed by atoms with Crippen molar-refractivity contribution >= 4 is 31.6 Å². The first-order valence-corrected chi connectivity index (χ1v) is 9.89. The van der Waals surface area contributed by atoms with Crippen LogP contribution in [0.5, 0.6) is 0 Å². The Hall–Kier alpha value is -1.22. The summed E-state index contributed by atoms with van der Waals surface area (Å²) in [6, 6.07) is 4.78. The van der Waals surface area contributed by atoms with E-state index in [2.05, 4.69) is 4.72 Å². The first kappa shape index (κ1) is 18.1. The molecule has 0 radical (unpaired) electrons. The van der Waals surface area contributed by atoms with Crippen molar-refractivity contribution in [3.63, 3.8) is 0 Å². The summed E-state index contributed by atoms with van der Waals surface area (Å²) in [5.41, 5.74) is 0.770. The third-order valence-corrected chi connectivity index (χ3v) is 5.73. The lowest BCUT2D eigenvalue weighted by Gasteiger charge is -2.09. The summed E-state index contributed by atoms with van der Waals surface area (Å²) in [5.74, 6) is 0. The Bertz CT molecular complexity index is 822. The van der Waals surface area contributed by atoms with Crippen molar-refractivity contribution in [1.29, 1.82) is 0 Å². The standard InChI is InChI=1S/C15H22N2O4S2/c1-4-17-13-7-6-12(10-14(13)22-15(17)18)23(19,20)16-8-5-9-21-11(2)3/h6-7,10-11,16H,4-5,8-9H2,1-3H3. The number of hydrogen-bond acceptors (Lipinski definition) is 5. The highest BCUT2D eigenvalue weighted by Gasteiger charge is 2.16. The molecule has 0 atom stereocenters. The van der Waals surface area contributed by atoms with Crippen LogP contribution in [0.25, 0.3) is 10.2 Å². The number of rotatable bonds is 8. The van der Waals surface area contributed by atoms with Gasteiger partial charge in [-0.1, -0.05) is 11.3 Å². The number of nitrogens with zero attached hydrogens (tertiary/aromatic N) is 1. The fraction of sp³-hybridized carbons (Fsp3) is 0.533. The highest BCUT2D eigenvalue weighted by molar-refractivity contribution is 7.89. The fourth-order valence-electron chi connectivity index (χ4n) is 2.19. The van der Waals surface area contributed by atoms with Gasteiger partial charge in [0.15, 0.2) is 0 Å². The van der Waals surface area contributed by atoms with E-state index in [1.807, 2.05) is 20.8 Å². The van der Waals surface area contributed by atoms with Crippen LogP contribution in [0.15, 0.2) is 27.9 Å². The normalized spacial score (nSPS) is 12.3. The van der Waals surface area contributed by atoms with Crippen molar-refractivity contribution < 1.29 is 13.2 Å². The van der Waals surface area contributed by atoms with Gasteiger partial charge in [-0.3, -0.25) is 9.36 Å². The molecule has 0 unspecified atom stereocenters. The molecular formula is C15H22N2O4S2. The fourth-order valence-corrected chi connectivity index (χ4v) is 4.36. The van der Waals surface area contributed by atoms with Gasteiger partial charge in [-0.25, -0.2) is 13.1 Å². The van der Waals surface area contributed by atoms with E-state index in [1.54, 1.807) is 16.7 Å². The van der Waals surface area contributed by atoms with Crippen LogP contribution >= 0.6 is 11.3 Å². The molecule has 2 aromatic rings. The van der Waals surface area contributed by atoms with Gasteiger partial charge in [0.25, 0.3) is 0 Å². The molecule has 128 valence electrons. The maximum atomic E-state index is 12.3. The Labute approximate surface area is 140 Å². The molecule has 0 amide bonds. The van der Waals surface area contributed by atoms with Crippen LogP contribution < -0.4 is 9.60 Å². The largest absolute Gasteiger partial charge is 0.379 e. The number of aromatic nitrogens is 1. The molecule has 0 saturated heterocycles. The quantitative estimate of drug-likeness (QED) is 0.734. The Morgan fingerprint density at radius 2 is 2.09 bits per heavy atom. The van der Waals surface area contributed by atoms with E-state index < -0.39 is 10.0 Å². The van der Waals surface area contributed by atoms with Crippen molar-refractivity contribution in [3.8, 4) is 0 Å². The summed E-state index contributed by atoms with van der Waals surface area (Å²) in [6.45, 7) is 7.16. The molecule has 0 aliphatic heterocycles. The molecule has 0 saturated carbocycles. The van der Waals surface area contributed by atoms with E-state index in [4.69, 9.17) is 4.74 Å². The van der Waals surface area contributed by atoms with E-state index in [0.717, 1.165) is 16.9 Å². The molecule has 6 nitrogen and oxygen atoms in total. The Balaban J connectivity index is 2.11. The van der Waals surface area contributed by atoms with E-state index in [-0.39, 0.29) is 15.9 Å². The molecule has 23 heavy (non-hydrogen) atoms. The predicted molar refractivity (Wildman–Crippen MR) is 92.7 cm³/mol. The number of fused-ring (bicyclic) bond motifs is 1.